The Labute approximate surface area is 173 Å². The lowest BCUT2D eigenvalue weighted by Gasteiger charge is -2.16. The van der Waals surface area contributed by atoms with Crippen LogP contribution in [0, 0.1) is 13.8 Å². The predicted molar refractivity (Wildman–Crippen MR) is 116 cm³/mol. The zero-order valence-electron chi connectivity index (χ0n) is 16.6. The fraction of sp³-hybridized carbons (Fsp3) is 0.227. The summed E-state index contributed by atoms with van der Waals surface area (Å²) >= 11 is 6.05. The summed E-state index contributed by atoms with van der Waals surface area (Å²) in [7, 11) is 2.00. The van der Waals surface area contributed by atoms with Crippen molar-refractivity contribution in [2.24, 2.45) is 0 Å². The Kier molecular flexibility index (Phi) is 5.22. The van der Waals surface area contributed by atoms with Crippen molar-refractivity contribution in [1.29, 1.82) is 0 Å². The van der Waals surface area contributed by atoms with Gasteiger partial charge in [0.1, 0.15) is 5.82 Å². The second-order valence-corrected chi connectivity index (χ2v) is 7.68. The first-order valence-corrected chi connectivity index (χ1v) is 9.77. The fourth-order valence-electron chi connectivity index (χ4n) is 3.54. The number of nitrogens with zero attached hydrogens (tertiary/aromatic N) is 4. The number of benzene rings is 2. The van der Waals surface area contributed by atoms with Crippen LogP contribution in [-0.2, 0) is 13.1 Å². The van der Waals surface area contributed by atoms with Crippen molar-refractivity contribution >= 4 is 22.5 Å². The topological polar surface area (TPSA) is 66.8 Å². The second-order valence-electron chi connectivity index (χ2n) is 7.24. The molecule has 0 aliphatic heterocycles. The largest absolute Gasteiger partial charge is 0.309 e. The molecule has 0 saturated carbocycles. The molecular weight excluding hydrogens is 386 g/mol. The van der Waals surface area contributed by atoms with E-state index < -0.39 is 0 Å². The number of aromatic amines is 1. The number of hydrogen-bond acceptors (Lipinski definition) is 4. The first-order valence-electron chi connectivity index (χ1n) is 9.40. The van der Waals surface area contributed by atoms with Crippen LogP contribution in [0.3, 0.4) is 0 Å². The van der Waals surface area contributed by atoms with Crippen LogP contribution in [0.5, 0.6) is 0 Å². The standard InChI is InChI=1S/C22H22ClN5O/c1-14-19(15(2)28(26-14)17-7-5-4-6-8-17)12-27(3)13-21-24-20-11-16(23)9-10-18(20)22(29)25-21/h4-11H,12-13H2,1-3H3,(H,24,25,29). The maximum absolute atomic E-state index is 12.3. The van der Waals surface area contributed by atoms with Crippen molar-refractivity contribution in [2.45, 2.75) is 26.9 Å². The molecule has 0 fully saturated rings. The summed E-state index contributed by atoms with van der Waals surface area (Å²) in [6.07, 6.45) is 0. The van der Waals surface area contributed by atoms with E-state index in [-0.39, 0.29) is 5.56 Å². The van der Waals surface area contributed by atoms with Crippen molar-refractivity contribution in [2.75, 3.05) is 7.05 Å². The fourth-order valence-corrected chi connectivity index (χ4v) is 3.71. The Morgan fingerprint density at radius 3 is 2.62 bits per heavy atom. The molecule has 0 bridgehead atoms. The number of H-pyrrole nitrogens is 1. The van der Waals surface area contributed by atoms with E-state index in [0.717, 1.165) is 17.1 Å². The average molecular weight is 408 g/mol. The zero-order chi connectivity index (χ0) is 20.5. The van der Waals surface area contributed by atoms with E-state index in [9.17, 15) is 4.79 Å². The summed E-state index contributed by atoms with van der Waals surface area (Å²) in [5, 5.41) is 5.81. The smallest absolute Gasteiger partial charge is 0.258 e. The van der Waals surface area contributed by atoms with Crippen LogP contribution in [0.25, 0.3) is 16.6 Å². The van der Waals surface area contributed by atoms with Crippen LogP contribution in [0.15, 0.2) is 53.3 Å². The summed E-state index contributed by atoms with van der Waals surface area (Å²) in [5.41, 5.74) is 4.76. The van der Waals surface area contributed by atoms with Crippen LogP contribution in [-0.4, -0.2) is 31.7 Å². The third-order valence-electron chi connectivity index (χ3n) is 5.01. The van der Waals surface area contributed by atoms with E-state index in [1.807, 2.05) is 49.0 Å². The summed E-state index contributed by atoms with van der Waals surface area (Å²) in [4.78, 5) is 21.9. The molecule has 0 spiro atoms. The van der Waals surface area contributed by atoms with Gasteiger partial charge in [0.25, 0.3) is 5.56 Å². The number of para-hydroxylation sites is 1. The van der Waals surface area contributed by atoms with Gasteiger partial charge in [-0.2, -0.15) is 5.10 Å². The van der Waals surface area contributed by atoms with Gasteiger partial charge in [0.05, 0.1) is 28.8 Å². The van der Waals surface area contributed by atoms with Crippen molar-refractivity contribution in [3.05, 3.63) is 86.7 Å². The third-order valence-corrected chi connectivity index (χ3v) is 5.24. The van der Waals surface area contributed by atoms with Crippen molar-refractivity contribution in [1.82, 2.24) is 24.6 Å². The van der Waals surface area contributed by atoms with Crippen LogP contribution in [0.2, 0.25) is 5.02 Å². The van der Waals surface area contributed by atoms with Crippen LogP contribution in [0.4, 0.5) is 0 Å². The van der Waals surface area contributed by atoms with Gasteiger partial charge in [0, 0.05) is 22.8 Å². The number of hydrogen-bond donors (Lipinski definition) is 1. The summed E-state index contributed by atoms with van der Waals surface area (Å²) in [5.74, 6) is 0.609. The Bertz CT molecular complexity index is 1230. The minimum absolute atomic E-state index is 0.153. The summed E-state index contributed by atoms with van der Waals surface area (Å²) in [6, 6.07) is 15.2. The minimum Gasteiger partial charge on any atom is -0.309 e. The first-order chi connectivity index (χ1) is 13.9. The van der Waals surface area contributed by atoms with E-state index in [0.29, 0.717) is 34.8 Å². The molecule has 2 aromatic carbocycles. The van der Waals surface area contributed by atoms with Crippen LogP contribution >= 0.6 is 11.6 Å². The molecule has 0 aliphatic rings. The molecule has 1 N–H and O–H groups in total. The van der Waals surface area contributed by atoms with E-state index in [2.05, 4.69) is 21.8 Å². The Morgan fingerprint density at radius 1 is 1.10 bits per heavy atom. The van der Waals surface area contributed by atoms with Gasteiger partial charge in [-0.3, -0.25) is 9.69 Å². The van der Waals surface area contributed by atoms with Crippen molar-refractivity contribution < 1.29 is 0 Å². The average Bonchev–Trinajstić information content (AvgIpc) is 2.96. The zero-order valence-corrected chi connectivity index (χ0v) is 17.4. The molecule has 7 heteroatoms. The molecule has 6 nitrogen and oxygen atoms in total. The van der Waals surface area contributed by atoms with Crippen LogP contribution in [0.1, 0.15) is 22.8 Å². The number of aromatic nitrogens is 4. The highest BCUT2D eigenvalue weighted by Crippen LogP contribution is 2.20. The number of halogens is 1. The number of fused-ring (bicyclic) bond motifs is 1. The molecular formula is C22H22ClN5O. The third kappa shape index (κ3) is 3.95. The van der Waals surface area contributed by atoms with Crippen molar-refractivity contribution in [3.63, 3.8) is 0 Å². The van der Waals surface area contributed by atoms with Gasteiger partial charge in [-0.15, -0.1) is 0 Å². The summed E-state index contributed by atoms with van der Waals surface area (Å²) < 4.78 is 1.97. The van der Waals surface area contributed by atoms with Crippen LogP contribution < -0.4 is 5.56 Å². The van der Waals surface area contributed by atoms with Gasteiger partial charge in [-0.1, -0.05) is 29.8 Å². The monoisotopic (exact) mass is 407 g/mol. The molecule has 0 aliphatic carbocycles. The second kappa shape index (κ2) is 7.81. The molecule has 29 heavy (non-hydrogen) atoms. The van der Waals surface area contributed by atoms with Gasteiger partial charge in [0.2, 0.25) is 0 Å². The predicted octanol–water partition coefficient (Wildman–Crippen LogP) is 4.01. The van der Waals surface area contributed by atoms with E-state index >= 15 is 0 Å². The van der Waals surface area contributed by atoms with E-state index in [1.54, 1.807) is 18.2 Å². The molecule has 2 aromatic heterocycles. The molecule has 0 atom stereocenters. The van der Waals surface area contributed by atoms with E-state index in [4.69, 9.17) is 16.7 Å². The number of rotatable bonds is 5. The highest BCUT2D eigenvalue weighted by molar-refractivity contribution is 6.31. The normalized spacial score (nSPS) is 11.5. The van der Waals surface area contributed by atoms with E-state index in [1.165, 1.54) is 5.56 Å². The molecule has 0 unspecified atom stereocenters. The number of nitrogens with one attached hydrogen (secondary N) is 1. The lowest BCUT2D eigenvalue weighted by atomic mass is 10.2. The Morgan fingerprint density at radius 2 is 1.86 bits per heavy atom. The number of aryl methyl sites for hydroxylation is 1. The van der Waals surface area contributed by atoms with Gasteiger partial charge >= 0.3 is 0 Å². The summed E-state index contributed by atoms with van der Waals surface area (Å²) in [6.45, 7) is 5.30. The van der Waals surface area contributed by atoms with Gasteiger partial charge in [-0.25, -0.2) is 9.67 Å². The lowest BCUT2D eigenvalue weighted by molar-refractivity contribution is 0.309. The molecule has 4 aromatic rings. The van der Waals surface area contributed by atoms with Gasteiger partial charge in [-0.05, 0) is 51.2 Å². The molecule has 148 valence electrons. The first kappa shape index (κ1) is 19.4. The minimum atomic E-state index is -0.153. The van der Waals surface area contributed by atoms with Gasteiger partial charge in [0.15, 0.2) is 0 Å². The molecule has 2 heterocycles. The maximum atomic E-state index is 12.3. The molecule has 4 rings (SSSR count). The van der Waals surface area contributed by atoms with Gasteiger partial charge < -0.3 is 4.98 Å². The SMILES string of the molecule is Cc1nn(-c2ccccc2)c(C)c1CN(C)Cc1nc2cc(Cl)ccc2c(=O)[nH]1. The lowest BCUT2D eigenvalue weighted by Crippen LogP contribution is -2.22. The quantitative estimate of drug-likeness (QED) is 0.542. The highest BCUT2D eigenvalue weighted by Gasteiger charge is 2.15. The highest BCUT2D eigenvalue weighted by atomic mass is 35.5. The maximum Gasteiger partial charge on any atom is 0.258 e. The molecule has 0 saturated heterocycles. The molecule has 0 amide bonds. The Balaban J connectivity index is 1.58. The Hall–Kier alpha value is -2.96. The molecule has 0 radical (unpaired) electrons. The van der Waals surface area contributed by atoms with Crippen molar-refractivity contribution in [3.8, 4) is 5.69 Å².